The topological polar surface area (TPSA) is 98.8 Å². The van der Waals surface area contributed by atoms with Crippen molar-refractivity contribution >= 4 is 17.6 Å². The lowest BCUT2D eigenvalue weighted by atomic mass is 10.0. The molecular formula is C18H19N3O5. The third-order valence-electron chi connectivity index (χ3n) is 4.12. The van der Waals surface area contributed by atoms with E-state index in [1.807, 2.05) is 0 Å². The van der Waals surface area contributed by atoms with Gasteiger partial charge in [0.2, 0.25) is 0 Å². The summed E-state index contributed by atoms with van der Waals surface area (Å²) in [5.74, 6) is 0.693. The zero-order valence-corrected chi connectivity index (χ0v) is 14.7. The molecule has 0 spiro atoms. The molecule has 2 heterocycles. The summed E-state index contributed by atoms with van der Waals surface area (Å²) in [7, 11) is 3.09. The fourth-order valence-corrected chi connectivity index (χ4v) is 2.55. The van der Waals surface area contributed by atoms with Crippen molar-refractivity contribution in [3.05, 3.63) is 42.1 Å². The molecule has 1 aliphatic rings. The molecular weight excluding hydrogens is 338 g/mol. The molecule has 1 aromatic carbocycles. The quantitative estimate of drug-likeness (QED) is 0.787. The van der Waals surface area contributed by atoms with Gasteiger partial charge in [0.1, 0.15) is 11.5 Å². The van der Waals surface area contributed by atoms with E-state index in [1.165, 1.54) is 20.2 Å². The maximum atomic E-state index is 12.7. The number of carbonyl (C=O) groups is 2. The number of ether oxygens (including phenoxy) is 3. The Hall–Kier alpha value is -3.29. The number of hydrogen-bond acceptors (Lipinski definition) is 6. The normalized spacial score (nSPS) is 18.2. The lowest BCUT2D eigenvalue weighted by Gasteiger charge is -2.32. The number of aromatic nitrogens is 1. The number of carbonyl (C=O) groups excluding carboxylic acids is 2. The van der Waals surface area contributed by atoms with Crippen LogP contribution in [0.15, 0.2) is 36.5 Å². The van der Waals surface area contributed by atoms with Crippen molar-refractivity contribution in [1.29, 1.82) is 0 Å². The average molecular weight is 357 g/mol. The lowest BCUT2D eigenvalue weighted by Crippen LogP contribution is -2.58. The molecule has 2 aromatic rings. The highest BCUT2D eigenvalue weighted by atomic mass is 16.5. The summed E-state index contributed by atoms with van der Waals surface area (Å²) in [6, 6.07) is 8.56. The maximum absolute atomic E-state index is 12.7. The van der Waals surface area contributed by atoms with Gasteiger partial charge in [0.05, 0.1) is 14.2 Å². The van der Waals surface area contributed by atoms with Crippen molar-refractivity contribution in [2.24, 2.45) is 0 Å². The van der Waals surface area contributed by atoms with E-state index >= 15 is 0 Å². The number of benzene rings is 1. The summed E-state index contributed by atoms with van der Waals surface area (Å²) >= 11 is 0. The third kappa shape index (κ3) is 3.13. The zero-order chi connectivity index (χ0) is 18.7. The molecule has 0 saturated carbocycles. The largest absolute Gasteiger partial charge is 0.497 e. The van der Waals surface area contributed by atoms with Gasteiger partial charge in [-0.1, -0.05) is 0 Å². The van der Waals surface area contributed by atoms with Gasteiger partial charge >= 0.3 is 0 Å². The minimum absolute atomic E-state index is 0.165. The Kier molecular flexibility index (Phi) is 4.66. The van der Waals surface area contributed by atoms with Gasteiger partial charge in [-0.3, -0.25) is 9.59 Å². The maximum Gasteiger partial charge on any atom is 0.279 e. The molecule has 2 N–H and O–H groups in total. The van der Waals surface area contributed by atoms with E-state index in [-0.39, 0.29) is 6.54 Å². The molecule has 1 unspecified atom stereocenters. The SMILES string of the molecule is COc1ccc(CNC(=O)C2(C)Oc3cccnc3NC2=O)c(OC)c1. The summed E-state index contributed by atoms with van der Waals surface area (Å²) in [5, 5.41) is 5.31. The molecule has 1 aliphatic heterocycles. The van der Waals surface area contributed by atoms with Gasteiger partial charge in [0.15, 0.2) is 11.6 Å². The van der Waals surface area contributed by atoms with Gasteiger partial charge in [-0.15, -0.1) is 0 Å². The van der Waals surface area contributed by atoms with Gasteiger partial charge < -0.3 is 24.8 Å². The standard InChI is InChI=1S/C18H19N3O5/c1-18(17(23)21-15-13(26-18)5-4-8-19-15)16(22)20-10-11-6-7-12(24-2)9-14(11)25-3/h4-9H,10H2,1-3H3,(H,20,22)(H,19,21,23). The third-order valence-corrected chi connectivity index (χ3v) is 4.12. The Bertz CT molecular complexity index is 854. The molecule has 2 amide bonds. The Morgan fingerprint density at radius 2 is 2.12 bits per heavy atom. The van der Waals surface area contributed by atoms with Gasteiger partial charge in [0, 0.05) is 24.4 Å². The van der Waals surface area contributed by atoms with Crippen molar-refractivity contribution < 1.29 is 23.8 Å². The average Bonchev–Trinajstić information content (AvgIpc) is 2.66. The second-order valence-electron chi connectivity index (χ2n) is 5.80. The van der Waals surface area contributed by atoms with Crippen LogP contribution < -0.4 is 24.8 Å². The summed E-state index contributed by atoms with van der Waals surface area (Å²) < 4.78 is 16.1. The zero-order valence-electron chi connectivity index (χ0n) is 14.7. The Morgan fingerprint density at radius 1 is 1.31 bits per heavy atom. The van der Waals surface area contributed by atoms with E-state index in [9.17, 15) is 9.59 Å². The summed E-state index contributed by atoms with van der Waals surface area (Å²) in [6.45, 7) is 1.58. The van der Waals surface area contributed by atoms with E-state index in [2.05, 4.69) is 15.6 Å². The van der Waals surface area contributed by atoms with Crippen LogP contribution in [0.3, 0.4) is 0 Å². The predicted octanol–water partition coefficient (Wildman–Crippen LogP) is 1.50. The van der Waals surface area contributed by atoms with Crippen molar-refractivity contribution in [2.75, 3.05) is 19.5 Å². The minimum atomic E-state index is -1.70. The van der Waals surface area contributed by atoms with Crippen LogP contribution in [0.4, 0.5) is 5.82 Å². The first kappa shape index (κ1) is 17.5. The minimum Gasteiger partial charge on any atom is -0.497 e. The Balaban J connectivity index is 1.75. The number of rotatable bonds is 5. The molecule has 0 saturated heterocycles. The van der Waals surface area contributed by atoms with Crippen LogP contribution in [0.2, 0.25) is 0 Å². The van der Waals surface area contributed by atoms with E-state index < -0.39 is 17.4 Å². The molecule has 0 aliphatic carbocycles. The van der Waals surface area contributed by atoms with Gasteiger partial charge in [-0.25, -0.2) is 4.98 Å². The first-order valence-corrected chi connectivity index (χ1v) is 7.92. The van der Waals surface area contributed by atoms with Crippen LogP contribution in [0.1, 0.15) is 12.5 Å². The van der Waals surface area contributed by atoms with Crippen molar-refractivity contribution in [2.45, 2.75) is 19.1 Å². The second-order valence-corrected chi connectivity index (χ2v) is 5.80. The van der Waals surface area contributed by atoms with Crippen LogP contribution in [-0.2, 0) is 16.1 Å². The van der Waals surface area contributed by atoms with Crippen molar-refractivity contribution in [3.63, 3.8) is 0 Å². The number of fused-ring (bicyclic) bond motifs is 1. The Morgan fingerprint density at radius 3 is 2.85 bits per heavy atom. The summed E-state index contributed by atoms with van der Waals surface area (Å²) in [4.78, 5) is 29.0. The lowest BCUT2D eigenvalue weighted by molar-refractivity contribution is -0.146. The van der Waals surface area contributed by atoms with Crippen molar-refractivity contribution in [3.8, 4) is 17.2 Å². The molecule has 0 fully saturated rings. The molecule has 8 heteroatoms. The molecule has 0 radical (unpaired) electrons. The van der Waals surface area contributed by atoms with E-state index in [0.717, 1.165) is 5.56 Å². The number of nitrogens with one attached hydrogen (secondary N) is 2. The van der Waals surface area contributed by atoms with Gasteiger partial charge in [-0.05, 0) is 31.2 Å². The highest BCUT2D eigenvalue weighted by molar-refractivity contribution is 6.15. The number of methoxy groups -OCH3 is 2. The summed E-state index contributed by atoms with van der Waals surface area (Å²) in [6.07, 6.45) is 1.53. The number of nitrogens with zero attached hydrogens (tertiary/aromatic N) is 1. The number of hydrogen-bond donors (Lipinski definition) is 2. The molecule has 136 valence electrons. The van der Waals surface area contributed by atoms with Crippen LogP contribution in [-0.4, -0.2) is 36.6 Å². The van der Waals surface area contributed by atoms with E-state index in [0.29, 0.717) is 23.1 Å². The fourth-order valence-electron chi connectivity index (χ4n) is 2.55. The highest BCUT2D eigenvalue weighted by Gasteiger charge is 2.47. The molecule has 8 nitrogen and oxygen atoms in total. The number of anilines is 1. The monoisotopic (exact) mass is 357 g/mol. The first-order valence-electron chi connectivity index (χ1n) is 7.92. The molecule has 26 heavy (non-hydrogen) atoms. The van der Waals surface area contributed by atoms with Crippen LogP contribution >= 0.6 is 0 Å². The number of amides is 2. The van der Waals surface area contributed by atoms with Crippen LogP contribution in [0, 0.1) is 0 Å². The Labute approximate surface area is 150 Å². The number of pyridine rings is 1. The molecule has 1 aromatic heterocycles. The van der Waals surface area contributed by atoms with Gasteiger partial charge in [0.25, 0.3) is 17.4 Å². The van der Waals surface area contributed by atoms with Crippen molar-refractivity contribution in [1.82, 2.24) is 10.3 Å². The summed E-state index contributed by atoms with van der Waals surface area (Å²) in [5.41, 5.74) is -0.959. The first-order chi connectivity index (χ1) is 12.5. The van der Waals surface area contributed by atoms with E-state index in [4.69, 9.17) is 14.2 Å². The van der Waals surface area contributed by atoms with E-state index in [1.54, 1.807) is 37.4 Å². The van der Waals surface area contributed by atoms with Crippen LogP contribution in [0.25, 0.3) is 0 Å². The fraction of sp³-hybridized carbons (Fsp3) is 0.278. The van der Waals surface area contributed by atoms with Gasteiger partial charge in [-0.2, -0.15) is 0 Å². The smallest absolute Gasteiger partial charge is 0.279 e. The van der Waals surface area contributed by atoms with Crippen LogP contribution in [0.5, 0.6) is 17.2 Å². The molecule has 1 atom stereocenters. The predicted molar refractivity (Wildman–Crippen MR) is 93.3 cm³/mol. The highest BCUT2D eigenvalue weighted by Crippen LogP contribution is 2.32. The molecule has 0 bridgehead atoms. The molecule has 3 rings (SSSR count). The second kappa shape index (κ2) is 6.91.